The Morgan fingerprint density at radius 3 is 2.22 bits per heavy atom. The van der Waals surface area contributed by atoms with Crippen LogP contribution in [0.25, 0.3) is 11.1 Å². The second-order valence-electron chi connectivity index (χ2n) is 6.38. The van der Waals surface area contributed by atoms with Crippen LogP contribution in [0.1, 0.15) is 32.3 Å². The van der Waals surface area contributed by atoms with E-state index >= 15 is 0 Å². The summed E-state index contributed by atoms with van der Waals surface area (Å²) in [5, 5.41) is 12.2. The number of nitrogens with one attached hydrogen (secondary N) is 1. The molecule has 0 saturated heterocycles. The van der Waals surface area contributed by atoms with E-state index in [1.54, 1.807) is 13.0 Å². The van der Waals surface area contributed by atoms with E-state index in [1.165, 1.54) is 11.1 Å². The van der Waals surface area contributed by atoms with Crippen molar-refractivity contribution in [1.82, 2.24) is 0 Å². The summed E-state index contributed by atoms with van der Waals surface area (Å²) >= 11 is 1.02. The summed E-state index contributed by atoms with van der Waals surface area (Å²) in [7, 11) is 0. The largest absolute Gasteiger partial charge is 0.477 e. The lowest BCUT2D eigenvalue weighted by molar-refractivity contribution is 0.0701. The van der Waals surface area contributed by atoms with Crippen LogP contribution in [0.4, 0.5) is 9.80 Å². The molecule has 6 heteroatoms. The number of carbonyl (C=O) groups is 2. The van der Waals surface area contributed by atoms with Crippen LogP contribution in [0.3, 0.4) is 0 Å². The number of amides is 1. The minimum absolute atomic E-state index is 0.0113. The molecule has 1 heterocycles. The first kappa shape index (κ1) is 17.3. The minimum Gasteiger partial charge on any atom is -0.477 e. The number of carboxylic acids is 1. The zero-order valence-corrected chi connectivity index (χ0v) is 15.4. The highest BCUT2D eigenvalue weighted by molar-refractivity contribution is 7.18. The predicted octanol–water partition coefficient (Wildman–Crippen LogP) is 5.12. The van der Waals surface area contributed by atoms with Crippen molar-refractivity contribution in [3.63, 3.8) is 0 Å². The van der Waals surface area contributed by atoms with Gasteiger partial charge in [-0.3, -0.25) is 5.32 Å². The van der Waals surface area contributed by atoms with E-state index < -0.39 is 12.1 Å². The molecule has 0 spiro atoms. The summed E-state index contributed by atoms with van der Waals surface area (Å²) < 4.78 is 5.46. The first-order chi connectivity index (χ1) is 13.0. The molecule has 136 valence electrons. The van der Waals surface area contributed by atoms with Gasteiger partial charge in [-0.2, -0.15) is 0 Å². The van der Waals surface area contributed by atoms with Gasteiger partial charge in [0.05, 0.1) is 5.00 Å². The second-order valence-corrected chi connectivity index (χ2v) is 7.43. The molecule has 1 amide bonds. The summed E-state index contributed by atoms with van der Waals surface area (Å²) in [6, 6.07) is 17.9. The van der Waals surface area contributed by atoms with E-state index in [0.717, 1.165) is 22.5 Å². The van der Waals surface area contributed by atoms with Crippen molar-refractivity contribution in [2.24, 2.45) is 0 Å². The Hall–Kier alpha value is -3.12. The monoisotopic (exact) mass is 379 g/mol. The average molecular weight is 379 g/mol. The van der Waals surface area contributed by atoms with Gasteiger partial charge in [-0.05, 0) is 40.8 Å². The maximum Gasteiger partial charge on any atom is 0.412 e. The van der Waals surface area contributed by atoms with Crippen LogP contribution in [-0.4, -0.2) is 23.8 Å². The predicted molar refractivity (Wildman–Crippen MR) is 105 cm³/mol. The van der Waals surface area contributed by atoms with E-state index in [9.17, 15) is 9.59 Å². The molecule has 0 aliphatic heterocycles. The van der Waals surface area contributed by atoms with Gasteiger partial charge in [-0.15, -0.1) is 11.3 Å². The Morgan fingerprint density at radius 2 is 1.67 bits per heavy atom. The molecule has 0 radical (unpaired) electrons. The summed E-state index contributed by atoms with van der Waals surface area (Å²) in [6.45, 7) is 1.92. The molecular weight excluding hydrogens is 362 g/mol. The van der Waals surface area contributed by atoms with Gasteiger partial charge >= 0.3 is 12.1 Å². The minimum atomic E-state index is -1.00. The SMILES string of the molecule is Cc1cc(NC(=O)OCC2c3ccccc3-c3ccccc32)sc1C(=O)O. The van der Waals surface area contributed by atoms with E-state index in [2.05, 4.69) is 29.6 Å². The van der Waals surface area contributed by atoms with Gasteiger partial charge < -0.3 is 9.84 Å². The van der Waals surface area contributed by atoms with Crippen LogP contribution in [-0.2, 0) is 4.74 Å². The number of hydrogen-bond acceptors (Lipinski definition) is 4. The molecule has 27 heavy (non-hydrogen) atoms. The molecule has 0 saturated carbocycles. The highest BCUT2D eigenvalue weighted by Gasteiger charge is 2.29. The lowest BCUT2D eigenvalue weighted by Gasteiger charge is -2.14. The molecule has 2 N–H and O–H groups in total. The van der Waals surface area contributed by atoms with E-state index in [1.807, 2.05) is 24.3 Å². The Balaban J connectivity index is 1.48. The van der Waals surface area contributed by atoms with Crippen LogP contribution >= 0.6 is 11.3 Å². The number of rotatable bonds is 4. The standard InChI is InChI=1S/C21H17NO4S/c1-12-10-18(27-19(12)20(23)24)22-21(25)26-11-17-15-8-4-2-6-13(15)14-7-3-5-9-16(14)17/h2-10,17H,11H2,1H3,(H,22,25)(H,23,24). The van der Waals surface area contributed by atoms with Gasteiger partial charge in [0.15, 0.2) is 0 Å². The number of ether oxygens (including phenoxy) is 1. The summed E-state index contributed by atoms with van der Waals surface area (Å²) in [5.74, 6) is -1.01. The zero-order chi connectivity index (χ0) is 19.0. The van der Waals surface area contributed by atoms with Crippen molar-refractivity contribution in [2.75, 3.05) is 11.9 Å². The molecule has 2 aromatic carbocycles. The van der Waals surface area contributed by atoms with Gasteiger partial charge in [0.2, 0.25) is 0 Å². The number of thiophene rings is 1. The maximum atomic E-state index is 12.2. The normalized spacial score (nSPS) is 12.3. The van der Waals surface area contributed by atoms with Crippen molar-refractivity contribution in [3.05, 3.63) is 76.2 Å². The van der Waals surface area contributed by atoms with Gasteiger partial charge in [0.25, 0.3) is 0 Å². The van der Waals surface area contributed by atoms with Crippen LogP contribution < -0.4 is 5.32 Å². The van der Waals surface area contributed by atoms with Crippen molar-refractivity contribution < 1.29 is 19.4 Å². The van der Waals surface area contributed by atoms with Gasteiger partial charge in [0, 0.05) is 5.92 Å². The third kappa shape index (κ3) is 3.19. The number of hydrogen-bond donors (Lipinski definition) is 2. The number of aryl methyl sites for hydroxylation is 1. The Kier molecular flexibility index (Phi) is 4.41. The topological polar surface area (TPSA) is 75.6 Å². The van der Waals surface area contributed by atoms with Crippen LogP contribution in [0.15, 0.2) is 54.6 Å². The number of carboxylic acid groups (broad SMARTS) is 1. The van der Waals surface area contributed by atoms with Crippen LogP contribution in [0.2, 0.25) is 0 Å². The highest BCUT2D eigenvalue weighted by Crippen LogP contribution is 2.44. The third-order valence-electron chi connectivity index (χ3n) is 4.68. The molecule has 3 aromatic rings. The number of anilines is 1. The Morgan fingerprint density at radius 1 is 1.07 bits per heavy atom. The lowest BCUT2D eigenvalue weighted by atomic mass is 9.98. The molecule has 0 fully saturated rings. The van der Waals surface area contributed by atoms with E-state index in [-0.39, 0.29) is 17.4 Å². The van der Waals surface area contributed by atoms with Crippen molar-refractivity contribution >= 4 is 28.4 Å². The molecule has 0 bridgehead atoms. The Bertz CT molecular complexity index is 995. The van der Waals surface area contributed by atoms with Crippen molar-refractivity contribution in [1.29, 1.82) is 0 Å². The molecule has 1 aliphatic carbocycles. The molecule has 1 aromatic heterocycles. The fourth-order valence-electron chi connectivity index (χ4n) is 3.49. The second kappa shape index (κ2) is 6.89. The molecule has 5 nitrogen and oxygen atoms in total. The van der Waals surface area contributed by atoms with Crippen LogP contribution in [0, 0.1) is 6.92 Å². The number of fused-ring (bicyclic) bond motifs is 3. The molecule has 0 atom stereocenters. The first-order valence-corrected chi connectivity index (χ1v) is 9.32. The maximum absolute atomic E-state index is 12.2. The van der Waals surface area contributed by atoms with Crippen molar-refractivity contribution in [2.45, 2.75) is 12.8 Å². The number of benzene rings is 2. The molecule has 0 unspecified atom stereocenters. The first-order valence-electron chi connectivity index (χ1n) is 8.50. The highest BCUT2D eigenvalue weighted by atomic mass is 32.1. The molecule has 1 aliphatic rings. The fourth-order valence-corrected chi connectivity index (χ4v) is 4.39. The summed E-state index contributed by atoms with van der Waals surface area (Å²) in [5.41, 5.74) is 5.24. The van der Waals surface area contributed by atoms with Gasteiger partial charge in [-0.1, -0.05) is 48.5 Å². The number of carbonyl (C=O) groups excluding carboxylic acids is 1. The Labute approximate surface area is 160 Å². The quantitative estimate of drug-likeness (QED) is 0.660. The van der Waals surface area contributed by atoms with E-state index in [4.69, 9.17) is 9.84 Å². The van der Waals surface area contributed by atoms with Gasteiger partial charge in [0.1, 0.15) is 11.5 Å². The van der Waals surface area contributed by atoms with Gasteiger partial charge in [-0.25, -0.2) is 9.59 Å². The molecule has 4 rings (SSSR count). The lowest BCUT2D eigenvalue weighted by Crippen LogP contribution is -2.17. The fraction of sp³-hybridized carbons (Fsp3) is 0.143. The van der Waals surface area contributed by atoms with E-state index in [0.29, 0.717) is 10.6 Å². The number of aromatic carboxylic acids is 1. The zero-order valence-electron chi connectivity index (χ0n) is 14.6. The summed E-state index contributed by atoms with van der Waals surface area (Å²) in [4.78, 5) is 23.5. The smallest absolute Gasteiger partial charge is 0.412 e. The summed E-state index contributed by atoms with van der Waals surface area (Å²) in [6.07, 6.45) is -0.588. The van der Waals surface area contributed by atoms with Crippen LogP contribution in [0.5, 0.6) is 0 Å². The molecular formula is C21H17NO4S. The average Bonchev–Trinajstić information content (AvgIpc) is 3.18. The third-order valence-corrected chi connectivity index (χ3v) is 5.82. The van der Waals surface area contributed by atoms with Crippen molar-refractivity contribution in [3.8, 4) is 11.1 Å².